The Morgan fingerprint density at radius 3 is 1.76 bits per heavy atom. The Labute approximate surface area is 323 Å². The molecule has 0 saturated heterocycles. The van der Waals surface area contributed by atoms with E-state index in [0.717, 1.165) is 60.5 Å². The SMILES string of the molecule is c1ccc(-c2cccc(-c3c(-c4cccc(-[n+]5cc(-c6ccccc6)nc(-c6ccccc6)n5)c4)sc4c(-c5ccccc5)nc5ccccc5c34)c2)cc1. The fourth-order valence-corrected chi connectivity index (χ4v) is 8.70. The molecule has 0 saturated carbocycles. The van der Waals surface area contributed by atoms with Crippen molar-refractivity contribution in [2.45, 2.75) is 0 Å². The molecular formula is C50H33N4S+. The Bertz CT molecular complexity index is 2900. The number of rotatable bonds is 7. The van der Waals surface area contributed by atoms with E-state index in [4.69, 9.17) is 15.1 Å². The summed E-state index contributed by atoms with van der Waals surface area (Å²) in [6.07, 6.45) is 2.03. The summed E-state index contributed by atoms with van der Waals surface area (Å²) in [5.41, 5.74) is 12.7. The summed E-state index contributed by atoms with van der Waals surface area (Å²) >= 11 is 1.81. The van der Waals surface area contributed by atoms with Gasteiger partial charge in [0.1, 0.15) is 5.69 Å². The molecule has 55 heavy (non-hydrogen) atoms. The number of fused-ring (bicyclic) bond motifs is 3. The minimum atomic E-state index is 0.665. The van der Waals surface area contributed by atoms with E-state index >= 15 is 0 Å². The molecule has 0 N–H and O–H groups in total. The van der Waals surface area contributed by atoms with E-state index in [1.807, 2.05) is 58.6 Å². The Morgan fingerprint density at radius 1 is 0.436 bits per heavy atom. The summed E-state index contributed by atoms with van der Waals surface area (Å²) in [7, 11) is 0. The highest BCUT2D eigenvalue weighted by atomic mass is 32.1. The van der Waals surface area contributed by atoms with Gasteiger partial charge in [-0.2, -0.15) is 0 Å². The second-order valence-corrected chi connectivity index (χ2v) is 14.5. The van der Waals surface area contributed by atoms with Crippen molar-refractivity contribution in [3.63, 3.8) is 0 Å². The monoisotopic (exact) mass is 721 g/mol. The van der Waals surface area contributed by atoms with Gasteiger partial charge in [-0.15, -0.1) is 11.3 Å². The Morgan fingerprint density at radius 2 is 1.02 bits per heavy atom. The van der Waals surface area contributed by atoms with E-state index < -0.39 is 0 Å². The quantitative estimate of drug-likeness (QED) is 0.154. The standard InChI is InChI=1S/C50H33N4S/c1-5-17-34(18-6-1)38-25-15-26-39(31-38)45-46-42-29-13-14-30-43(42)51-47(36-21-9-3-10-22-36)49(46)55-48(45)40-27-16-28-41(32-40)54-33-44(35-19-7-2-8-20-35)52-50(53-54)37-23-11-4-12-24-37/h1-33H/q+1. The van der Waals surface area contributed by atoms with Crippen LogP contribution in [-0.4, -0.2) is 15.1 Å². The molecule has 4 nitrogen and oxygen atoms in total. The van der Waals surface area contributed by atoms with Gasteiger partial charge in [0.2, 0.25) is 17.7 Å². The van der Waals surface area contributed by atoms with Gasteiger partial charge >= 0.3 is 0 Å². The summed E-state index contributed by atoms with van der Waals surface area (Å²) in [5.74, 6) is 0.665. The van der Waals surface area contributed by atoms with Crippen LogP contribution in [0.25, 0.3) is 93.3 Å². The molecule has 0 unspecified atom stereocenters. The van der Waals surface area contributed by atoms with Gasteiger partial charge in [0, 0.05) is 55.1 Å². The largest absolute Gasteiger partial charge is 0.246 e. The summed E-state index contributed by atoms with van der Waals surface area (Å²) in [6.45, 7) is 0. The minimum absolute atomic E-state index is 0.665. The lowest BCUT2D eigenvalue weighted by Gasteiger charge is -2.11. The third kappa shape index (κ3) is 6.17. The zero-order valence-electron chi connectivity index (χ0n) is 29.7. The van der Waals surface area contributed by atoms with E-state index in [-0.39, 0.29) is 0 Å². The zero-order chi connectivity index (χ0) is 36.6. The normalized spacial score (nSPS) is 11.3. The maximum atomic E-state index is 5.31. The van der Waals surface area contributed by atoms with Crippen LogP contribution in [0, 0.1) is 0 Å². The molecule has 0 radical (unpaired) electrons. The molecule has 0 bridgehead atoms. The Balaban J connectivity index is 1.23. The van der Waals surface area contributed by atoms with E-state index in [1.54, 1.807) is 0 Å². The van der Waals surface area contributed by atoms with Crippen molar-refractivity contribution >= 4 is 32.3 Å². The van der Waals surface area contributed by atoms with Crippen LogP contribution < -0.4 is 4.68 Å². The highest BCUT2D eigenvalue weighted by Gasteiger charge is 2.24. The second-order valence-electron chi connectivity index (χ2n) is 13.5. The van der Waals surface area contributed by atoms with Crippen molar-refractivity contribution in [3.8, 4) is 72.3 Å². The first kappa shape index (κ1) is 32.6. The maximum absolute atomic E-state index is 5.31. The fourth-order valence-electron chi connectivity index (χ4n) is 7.36. The molecular weight excluding hydrogens is 689 g/mol. The molecule has 0 aliphatic heterocycles. The van der Waals surface area contributed by atoms with E-state index in [1.165, 1.54) is 27.0 Å². The van der Waals surface area contributed by atoms with Crippen molar-refractivity contribution in [2.24, 2.45) is 0 Å². The summed E-state index contributed by atoms with van der Waals surface area (Å²) in [5, 5.41) is 7.45. The molecule has 0 aliphatic rings. The third-order valence-electron chi connectivity index (χ3n) is 9.98. The van der Waals surface area contributed by atoms with Gasteiger partial charge in [-0.1, -0.05) is 170 Å². The van der Waals surface area contributed by atoms with E-state index in [2.05, 4.69) is 158 Å². The average molecular weight is 722 g/mol. The van der Waals surface area contributed by atoms with Crippen LogP contribution >= 0.6 is 11.3 Å². The van der Waals surface area contributed by atoms with E-state index in [9.17, 15) is 0 Å². The van der Waals surface area contributed by atoms with Crippen LogP contribution in [0.15, 0.2) is 200 Å². The van der Waals surface area contributed by atoms with Gasteiger partial charge in [0.05, 0.1) is 15.9 Å². The molecule has 3 heterocycles. The molecule has 7 aromatic carbocycles. The topological polar surface area (TPSA) is 42.5 Å². The number of benzene rings is 7. The van der Waals surface area contributed by atoms with Gasteiger partial charge in [0.15, 0.2) is 0 Å². The summed E-state index contributed by atoms with van der Waals surface area (Å²) in [4.78, 5) is 11.5. The molecule has 0 atom stereocenters. The molecule has 10 rings (SSSR count). The number of pyridine rings is 1. The van der Waals surface area contributed by atoms with Gasteiger partial charge in [0.25, 0.3) is 0 Å². The minimum Gasteiger partial charge on any atom is -0.246 e. The lowest BCUT2D eigenvalue weighted by Crippen LogP contribution is -2.36. The first-order chi connectivity index (χ1) is 27.3. The van der Waals surface area contributed by atoms with Gasteiger partial charge in [-0.25, -0.2) is 9.97 Å². The Hall–Kier alpha value is -7.08. The Kier molecular flexibility index (Phi) is 8.32. The number of thiophene rings is 1. The van der Waals surface area contributed by atoms with Crippen molar-refractivity contribution in [1.82, 2.24) is 15.1 Å². The van der Waals surface area contributed by atoms with Crippen molar-refractivity contribution in [3.05, 3.63) is 200 Å². The van der Waals surface area contributed by atoms with Crippen LogP contribution in [0.5, 0.6) is 0 Å². The average Bonchev–Trinajstić information content (AvgIpc) is 3.69. The van der Waals surface area contributed by atoms with Crippen molar-refractivity contribution in [1.29, 1.82) is 0 Å². The first-order valence-corrected chi connectivity index (χ1v) is 19.2. The van der Waals surface area contributed by atoms with Crippen LogP contribution in [0.1, 0.15) is 0 Å². The second kappa shape index (κ2) is 14.0. The zero-order valence-corrected chi connectivity index (χ0v) is 30.6. The molecule has 0 spiro atoms. The summed E-state index contributed by atoms with van der Waals surface area (Å²) < 4.78 is 3.13. The molecule has 5 heteroatoms. The van der Waals surface area contributed by atoms with Crippen molar-refractivity contribution in [2.75, 3.05) is 0 Å². The predicted octanol–water partition coefficient (Wildman–Crippen LogP) is 12.5. The van der Waals surface area contributed by atoms with Gasteiger partial charge < -0.3 is 0 Å². The van der Waals surface area contributed by atoms with Crippen LogP contribution in [0.4, 0.5) is 0 Å². The lowest BCUT2D eigenvalue weighted by molar-refractivity contribution is -0.658. The number of para-hydroxylation sites is 1. The fraction of sp³-hybridized carbons (Fsp3) is 0. The highest BCUT2D eigenvalue weighted by molar-refractivity contribution is 7.23. The number of hydrogen-bond acceptors (Lipinski definition) is 4. The molecule has 10 aromatic rings. The molecule has 3 aromatic heterocycles. The van der Waals surface area contributed by atoms with E-state index in [0.29, 0.717) is 5.82 Å². The summed E-state index contributed by atoms with van der Waals surface area (Å²) in [6, 6.07) is 67.9. The highest BCUT2D eigenvalue weighted by Crippen LogP contribution is 2.50. The molecule has 0 amide bonds. The number of hydrogen-bond donors (Lipinski definition) is 0. The van der Waals surface area contributed by atoms with Crippen LogP contribution in [0.2, 0.25) is 0 Å². The van der Waals surface area contributed by atoms with Crippen LogP contribution in [-0.2, 0) is 0 Å². The van der Waals surface area contributed by atoms with Gasteiger partial charge in [-0.05, 0) is 39.1 Å². The smallest absolute Gasteiger partial charge is 0.238 e. The third-order valence-corrected chi connectivity index (χ3v) is 11.2. The van der Waals surface area contributed by atoms with Crippen LogP contribution in [0.3, 0.4) is 0 Å². The predicted molar refractivity (Wildman–Crippen MR) is 227 cm³/mol. The lowest BCUT2D eigenvalue weighted by atomic mass is 9.93. The number of nitrogens with zero attached hydrogens (tertiary/aromatic N) is 4. The molecule has 0 fully saturated rings. The van der Waals surface area contributed by atoms with Crippen molar-refractivity contribution < 1.29 is 4.68 Å². The molecule has 258 valence electrons. The van der Waals surface area contributed by atoms with Gasteiger partial charge in [-0.3, -0.25) is 0 Å². The number of aromatic nitrogens is 4. The first-order valence-electron chi connectivity index (χ1n) is 18.4. The maximum Gasteiger partial charge on any atom is 0.238 e. The molecule has 0 aliphatic carbocycles.